The van der Waals surface area contributed by atoms with Crippen LogP contribution in [0.15, 0.2) is 35.5 Å². The number of ether oxygens (including phenoxy) is 1. The lowest BCUT2D eigenvalue weighted by atomic mass is 10.1. The molecular weight excluding hydrogens is 270 g/mol. The minimum atomic E-state index is -2.05. The molecule has 5 heteroatoms. The highest BCUT2D eigenvalue weighted by Gasteiger charge is 2.40. The molecule has 0 N–H and O–H groups in total. The van der Waals surface area contributed by atoms with E-state index < -0.39 is 14.3 Å². The Kier molecular flexibility index (Phi) is 5.11. The van der Waals surface area contributed by atoms with Crippen LogP contribution in [0.3, 0.4) is 0 Å². The maximum Gasteiger partial charge on any atom is 0.360 e. The highest BCUT2D eigenvalue weighted by atomic mass is 28.4. The summed E-state index contributed by atoms with van der Waals surface area (Å²) in [6.45, 7) is 10.5. The monoisotopic (exact) mass is 293 g/mol. The van der Waals surface area contributed by atoms with Gasteiger partial charge in [-0.2, -0.15) is 0 Å². The van der Waals surface area contributed by atoms with Crippen molar-refractivity contribution in [3.8, 4) is 0 Å². The first-order chi connectivity index (χ1) is 9.19. The standard InChI is InChI=1S/C15H23NO3Si/c1-15(2,3)20(5,6)19-16-13(14(17)18-4)12-10-8-7-9-11-12/h7-11H,1-6H3/b16-13+. The Morgan fingerprint density at radius 1 is 1.15 bits per heavy atom. The zero-order valence-electron chi connectivity index (χ0n) is 13.1. The molecule has 0 atom stereocenters. The van der Waals surface area contributed by atoms with E-state index in [9.17, 15) is 4.79 Å². The van der Waals surface area contributed by atoms with Crippen LogP contribution in [0.5, 0.6) is 0 Å². The van der Waals surface area contributed by atoms with Gasteiger partial charge >= 0.3 is 5.97 Å². The predicted molar refractivity (Wildman–Crippen MR) is 83.3 cm³/mol. The van der Waals surface area contributed by atoms with Crippen LogP contribution in [0, 0.1) is 0 Å². The number of carbonyl (C=O) groups is 1. The van der Waals surface area contributed by atoms with Crippen molar-refractivity contribution in [2.45, 2.75) is 38.9 Å². The summed E-state index contributed by atoms with van der Waals surface area (Å²) in [6.07, 6.45) is 0. The van der Waals surface area contributed by atoms with Crippen LogP contribution in [-0.4, -0.2) is 27.1 Å². The number of methoxy groups -OCH3 is 1. The quantitative estimate of drug-likeness (QED) is 0.369. The number of benzene rings is 1. The van der Waals surface area contributed by atoms with Gasteiger partial charge in [-0.25, -0.2) is 4.79 Å². The van der Waals surface area contributed by atoms with Crippen molar-refractivity contribution in [2.24, 2.45) is 5.16 Å². The van der Waals surface area contributed by atoms with Crippen LogP contribution < -0.4 is 0 Å². The second kappa shape index (κ2) is 6.22. The Morgan fingerprint density at radius 3 is 2.15 bits per heavy atom. The molecule has 0 heterocycles. The van der Waals surface area contributed by atoms with Crippen molar-refractivity contribution in [1.82, 2.24) is 0 Å². The Labute approximate surface area is 121 Å². The van der Waals surface area contributed by atoms with Gasteiger partial charge in [0.1, 0.15) is 0 Å². The third-order valence-electron chi connectivity index (χ3n) is 3.60. The molecule has 0 unspecified atom stereocenters. The van der Waals surface area contributed by atoms with Gasteiger partial charge < -0.3 is 9.26 Å². The van der Waals surface area contributed by atoms with E-state index in [2.05, 4.69) is 39.0 Å². The van der Waals surface area contributed by atoms with Crippen molar-refractivity contribution in [2.75, 3.05) is 7.11 Å². The molecule has 0 amide bonds. The van der Waals surface area contributed by atoms with Gasteiger partial charge in [-0.15, -0.1) is 0 Å². The molecule has 0 fully saturated rings. The van der Waals surface area contributed by atoms with Crippen molar-refractivity contribution < 1.29 is 14.1 Å². The number of hydrogen-bond acceptors (Lipinski definition) is 4. The fourth-order valence-corrected chi connectivity index (χ4v) is 1.79. The highest BCUT2D eigenvalue weighted by molar-refractivity contribution is 6.74. The molecule has 4 nitrogen and oxygen atoms in total. The molecule has 110 valence electrons. The van der Waals surface area contributed by atoms with Gasteiger partial charge in [-0.05, 0) is 18.1 Å². The number of hydrogen-bond donors (Lipinski definition) is 0. The molecule has 20 heavy (non-hydrogen) atoms. The van der Waals surface area contributed by atoms with E-state index >= 15 is 0 Å². The first kappa shape index (κ1) is 16.4. The largest absolute Gasteiger partial charge is 0.464 e. The normalized spacial score (nSPS) is 13.0. The molecule has 0 bridgehead atoms. The third-order valence-corrected chi connectivity index (χ3v) is 7.76. The van der Waals surface area contributed by atoms with E-state index in [0.717, 1.165) is 0 Å². The molecular formula is C15H23NO3Si. The van der Waals surface area contributed by atoms with E-state index in [-0.39, 0.29) is 10.7 Å². The van der Waals surface area contributed by atoms with Gasteiger partial charge in [0.25, 0.3) is 8.32 Å². The summed E-state index contributed by atoms with van der Waals surface area (Å²) in [5.41, 5.74) is 0.899. The molecule has 0 saturated carbocycles. The van der Waals surface area contributed by atoms with Gasteiger partial charge in [0.05, 0.1) is 7.11 Å². The summed E-state index contributed by atoms with van der Waals surface area (Å²) in [5, 5.41) is 4.13. The van der Waals surface area contributed by atoms with E-state index in [1.165, 1.54) is 7.11 Å². The molecule has 0 aliphatic heterocycles. The molecule has 0 spiro atoms. The Balaban J connectivity index is 3.08. The maximum absolute atomic E-state index is 11.9. The number of nitrogens with zero attached hydrogens (tertiary/aromatic N) is 1. The van der Waals surface area contributed by atoms with E-state index in [1.54, 1.807) is 0 Å². The second-order valence-corrected chi connectivity index (χ2v) is 10.9. The van der Waals surface area contributed by atoms with Gasteiger partial charge in [-0.1, -0.05) is 56.3 Å². The van der Waals surface area contributed by atoms with Gasteiger partial charge in [0, 0.05) is 5.56 Å². The first-order valence-electron chi connectivity index (χ1n) is 6.59. The van der Waals surface area contributed by atoms with E-state index in [0.29, 0.717) is 5.56 Å². The minimum Gasteiger partial charge on any atom is -0.464 e. The molecule has 1 rings (SSSR count). The summed E-state index contributed by atoms with van der Waals surface area (Å²) >= 11 is 0. The number of esters is 1. The maximum atomic E-state index is 11.9. The molecule has 0 aromatic heterocycles. The Bertz CT molecular complexity index is 490. The van der Waals surface area contributed by atoms with Crippen LogP contribution in [-0.2, 0) is 14.1 Å². The molecule has 0 aliphatic carbocycles. The lowest BCUT2D eigenvalue weighted by Gasteiger charge is -2.33. The van der Waals surface area contributed by atoms with Crippen LogP contribution in [0.2, 0.25) is 18.1 Å². The summed E-state index contributed by atoms with van der Waals surface area (Å²) < 4.78 is 10.5. The molecule has 0 radical (unpaired) electrons. The zero-order chi connectivity index (χ0) is 15.4. The summed E-state index contributed by atoms with van der Waals surface area (Å²) in [4.78, 5) is 11.9. The van der Waals surface area contributed by atoms with Crippen LogP contribution in [0.4, 0.5) is 0 Å². The van der Waals surface area contributed by atoms with Crippen molar-refractivity contribution in [3.63, 3.8) is 0 Å². The number of rotatable bonds is 4. The first-order valence-corrected chi connectivity index (χ1v) is 9.50. The topological polar surface area (TPSA) is 47.9 Å². The van der Waals surface area contributed by atoms with Crippen molar-refractivity contribution >= 4 is 20.0 Å². The zero-order valence-corrected chi connectivity index (χ0v) is 14.1. The van der Waals surface area contributed by atoms with Crippen LogP contribution >= 0.6 is 0 Å². The van der Waals surface area contributed by atoms with E-state index in [4.69, 9.17) is 9.26 Å². The minimum absolute atomic E-state index is 0.0222. The van der Waals surface area contributed by atoms with Crippen LogP contribution in [0.25, 0.3) is 0 Å². The number of oxime groups is 1. The lowest BCUT2D eigenvalue weighted by molar-refractivity contribution is -0.132. The molecule has 1 aromatic carbocycles. The Morgan fingerprint density at radius 2 is 1.70 bits per heavy atom. The summed E-state index contributed by atoms with van der Waals surface area (Å²) in [7, 11) is -0.714. The fourth-order valence-electron chi connectivity index (χ4n) is 1.20. The van der Waals surface area contributed by atoms with Crippen molar-refractivity contribution in [3.05, 3.63) is 35.9 Å². The highest BCUT2D eigenvalue weighted by Crippen LogP contribution is 2.36. The Hall–Kier alpha value is -1.62. The second-order valence-electron chi connectivity index (χ2n) is 6.15. The van der Waals surface area contributed by atoms with Gasteiger partial charge in [-0.3, -0.25) is 0 Å². The smallest absolute Gasteiger partial charge is 0.360 e. The van der Waals surface area contributed by atoms with Crippen molar-refractivity contribution in [1.29, 1.82) is 0 Å². The molecule has 0 aliphatic rings. The summed E-state index contributed by atoms with van der Waals surface area (Å²) in [6, 6.07) is 9.20. The van der Waals surface area contributed by atoms with Crippen LogP contribution in [0.1, 0.15) is 26.3 Å². The predicted octanol–water partition coefficient (Wildman–Crippen LogP) is 3.59. The third kappa shape index (κ3) is 3.93. The van der Waals surface area contributed by atoms with Gasteiger partial charge in [0.15, 0.2) is 5.71 Å². The SMILES string of the molecule is COC(=O)/C(=N/O[Si](C)(C)C(C)(C)C)c1ccccc1. The number of carbonyl (C=O) groups excluding carboxylic acids is 1. The van der Waals surface area contributed by atoms with Gasteiger partial charge in [0.2, 0.25) is 0 Å². The average molecular weight is 293 g/mol. The summed E-state index contributed by atoms with van der Waals surface area (Å²) in [5.74, 6) is -0.491. The molecule has 0 saturated heterocycles. The fraction of sp³-hybridized carbons (Fsp3) is 0.467. The lowest BCUT2D eigenvalue weighted by Crippen LogP contribution is -2.39. The van der Waals surface area contributed by atoms with E-state index in [1.807, 2.05) is 30.3 Å². The average Bonchev–Trinajstić information content (AvgIpc) is 2.38. The molecule has 1 aromatic rings.